The van der Waals surface area contributed by atoms with E-state index in [0.717, 1.165) is 17.7 Å². The Kier molecular flexibility index (Phi) is 3.51. The molecular weight excluding hydrogens is 258 g/mol. The molecule has 4 nitrogen and oxygen atoms in total. The van der Waals surface area contributed by atoms with Gasteiger partial charge in [0, 0.05) is 6.04 Å². The lowest BCUT2D eigenvalue weighted by atomic mass is 9.95. The second kappa shape index (κ2) is 5.45. The van der Waals surface area contributed by atoms with E-state index < -0.39 is 0 Å². The zero-order chi connectivity index (χ0) is 13.1. The summed E-state index contributed by atoms with van der Waals surface area (Å²) in [6.45, 7) is 0. The van der Waals surface area contributed by atoms with Gasteiger partial charge in [-0.05, 0) is 24.3 Å². The molecule has 98 valence electrons. The van der Waals surface area contributed by atoms with E-state index in [1.54, 1.807) is 11.3 Å². The van der Waals surface area contributed by atoms with Crippen molar-refractivity contribution in [3.8, 4) is 16.8 Å². The highest BCUT2D eigenvalue weighted by atomic mass is 32.1. The Morgan fingerprint density at radius 3 is 2.89 bits per heavy atom. The lowest BCUT2D eigenvalue weighted by Gasteiger charge is -2.22. The zero-order valence-electron chi connectivity index (χ0n) is 10.6. The number of aromatic nitrogens is 1. The Hall–Kier alpha value is -1.80. The van der Waals surface area contributed by atoms with Crippen molar-refractivity contribution in [1.82, 2.24) is 4.98 Å². The van der Waals surface area contributed by atoms with Crippen LogP contribution in [0.25, 0.3) is 10.8 Å². The Morgan fingerprint density at radius 2 is 2.21 bits per heavy atom. The van der Waals surface area contributed by atoms with Gasteiger partial charge in [-0.1, -0.05) is 25.3 Å². The number of hydrogen-bond acceptors (Lipinski definition) is 5. The summed E-state index contributed by atoms with van der Waals surface area (Å²) >= 11 is 1.56. The van der Waals surface area contributed by atoms with E-state index in [0.29, 0.717) is 23.5 Å². The molecule has 0 radical (unpaired) electrons. The van der Waals surface area contributed by atoms with Crippen LogP contribution in [-0.2, 0) is 0 Å². The van der Waals surface area contributed by atoms with Crippen LogP contribution in [0.4, 0.5) is 5.88 Å². The van der Waals surface area contributed by atoms with Crippen molar-refractivity contribution >= 4 is 17.2 Å². The fourth-order valence-electron chi connectivity index (χ4n) is 2.43. The molecule has 19 heavy (non-hydrogen) atoms. The smallest absolute Gasteiger partial charge is 0.240 e. The van der Waals surface area contributed by atoms with Gasteiger partial charge in [0.2, 0.25) is 17.5 Å². The van der Waals surface area contributed by atoms with E-state index in [1.807, 2.05) is 17.5 Å². The molecule has 1 N–H and O–H groups in total. The summed E-state index contributed by atoms with van der Waals surface area (Å²) < 4.78 is 5.72. The molecule has 0 atom stereocenters. The van der Waals surface area contributed by atoms with Gasteiger partial charge in [0.15, 0.2) is 0 Å². The molecule has 0 unspecified atom stereocenters. The lowest BCUT2D eigenvalue weighted by molar-refractivity contribution is 0.451. The number of nitrogens with zero attached hydrogens (tertiary/aromatic N) is 2. The molecule has 1 aliphatic carbocycles. The standard InChI is InChI=1S/C14H15N3OS/c15-9-11-13(16-10-5-2-1-3-6-10)18-14(17-11)12-7-4-8-19-12/h4,7-8,10,16H,1-3,5-6H2. The van der Waals surface area contributed by atoms with E-state index in [1.165, 1.54) is 19.3 Å². The maximum absolute atomic E-state index is 9.15. The van der Waals surface area contributed by atoms with Gasteiger partial charge in [0.25, 0.3) is 0 Å². The Morgan fingerprint density at radius 1 is 1.37 bits per heavy atom. The third kappa shape index (κ3) is 2.64. The molecule has 0 saturated heterocycles. The largest absolute Gasteiger partial charge is 0.418 e. The van der Waals surface area contributed by atoms with Gasteiger partial charge >= 0.3 is 0 Å². The first-order valence-corrected chi connectivity index (χ1v) is 7.46. The zero-order valence-corrected chi connectivity index (χ0v) is 11.4. The highest BCUT2D eigenvalue weighted by Crippen LogP contribution is 2.30. The number of nitrogens with one attached hydrogen (secondary N) is 1. The molecule has 1 fully saturated rings. The van der Waals surface area contributed by atoms with E-state index in [9.17, 15) is 0 Å². The van der Waals surface area contributed by atoms with Gasteiger partial charge in [-0.3, -0.25) is 0 Å². The predicted molar refractivity (Wildman–Crippen MR) is 75.0 cm³/mol. The molecule has 0 aromatic carbocycles. The monoisotopic (exact) mass is 273 g/mol. The van der Waals surface area contributed by atoms with E-state index >= 15 is 0 Å². The third-order valence-corrected chi connectivity index (χ3v) is 4.26. The van der Waals surface area contributed by atoms with Crippen molar-refractivity contribution in [2.24, 2.45) is 0 Å². The van der Waals surface area contributed by atoms with Crippen LogP contribution in [0, 0.1) is 11.3 Å². The van der Waals surface area contributed by atoms with Gasteiger partial charge in [-0.25, -0.2) is 0 Å². The fraction of sp³-hybridized carbons (Fsp3) is 0.429. The quantitative estimate of drug-likeness (QED) is 0.917. The van der Waals surface area contributed by atoms with Crippen LogP contribution in [0.15, 0.2) is 21.9 Å². The number of thiophene rings is 1. The van der Waals surface area contributed by atoms with Crippen molar-refractivity contribution < 1.29 is 4.42 Å². The average molecular weight is 273 g/mol. The lowest BCUT2D eigenvalue weighted by Crippen LogP contribution is -2.22. The predicted octanol–water partition coefficient (Wildman–Crippen LogP) is 4.02. The van der Waals surface area contributed by atoms with Crippen LogP contribution in [0.3, 0.4) is 0 Å². The second-order valence-electron chi connectivity index (χ2n) is 4.77. The second-order valence-corrected chi connectivity index (χ2v) is 5.71. The first-order valence-electron chi connectivity index (χ1n) is 6.58. The maximum atomic E-state index is 9.15. The van der Waals surface area contributed by atoms with Crippen LogP contribution in [0.1, 0.15) is 37.8 Å². The molecule has 0 aliphatic heterocycles. The van der Waals surface area contributed by atoms with Crippen LogP contribution < -0.4 is 5.32 Å². The van der Waals surface area contributed by atoms with Crippen molar-refractivity contribution in [1.29, 1.82) is 5.26 Å². The minimum Gasteiger partial charge on any atom is -0.418 e. The molecule has 2 aromatic rings. The van der Waals surface area contributed by atoms with Crippen LogP contribution in [-0.4, -0.2) is 11.0 Å². The third-order valence-electron chi connectivity index (χ3n) is 3.41. The minimum atomic E-state index is 0.356. The van der Waals surface area contributed by atoms with Gasteiger partial charge in [0.1, 0.15) is 6.07 Å². The van der Waals surface area contributed by atoms with Crippen molar-refractivity contribution in [2.45, 2.75) is 38.1 Å². The Bertz CT molecular complexity index is 576. The summed E-state index contributed by atoms with van der Waals surface area (Å²) in [7, 11) is 0. The maximum Gasteiger partial charge on any atom is 0.240 e. The molecule has 1 saturated carbocycles. The number of rotatable bonds is 3. The molecule has 0 amide bonds. The highest BCUT2D eigenvalue weighted by Gasteiger charge is 2.19. The van der Waals surface area contributed by atoms with Gasteiger partial charge in [-0.15, -0.1) is 11.3 Å². The average Bonchev–Trinajstić information content (AvgIpc) is 3.08. The molecule has 2 aromatic heterocycles. The Balaban J connectivity index is 1.82. The molecule has 1 aliphatic rings. The molecule has 0 bridgehead atoms. The SMILES string of the molecule is N#Cc1nc(-c2cccs2)oc1NC1CCCCC1. The number of nitriles is 1. The van der Waals surface area contributed by atoms with Gasteiger partial charge in [-0.2, -0.15) is 10.2 Å². The molecule has 0 spiro atoms. The summed E-state index contributed by atoms with van der Waals surface area (Å²) in [5.41, 5.74) is 0.356. The van der Waals surface area contributed by atoms with Crippen molar-refractivity contribution in [2.75, 3.05) is 5.32 Å². The molecule has 2 heterocycles. The number of hydrogen-bond donors (Lipinski definition) is 1. The van der Waals surface area contributed by atoms with Gasteiger partial charge < -0.3 is 9.73 Å². The first kappa shape index (κ1) is 12.2. The molecule has 5 heteroatoms. The molecular formula is C14H15N3OS. The summed E-state index contributed by atoms with van der Waals surface area (Å²) in [6.07, 6.45) is 6.07. The summed E-state index contributed by atoms with van der Waals surface area (Å²) in [4.78, 5) is 5.21. The van der Waals surface area contributed by atoms with Crippen molar-refractivity contribution in [3.63, 3.8) is 0 Å². The number of anilines is 1. The van der Waals surface area contributed by atoms with E-state index in [2.05, 4.69) is 16.4 Å². The summed E-state index contributed by atoms with van der Waals surface area (Å²) in [6, 6.07) is 6.41. The van der Waals surface area contributed by atoms with Crippen LogP contribution in [0.5, 0.6) is 0 Å². The van der Waals surface area contributed by atoms with Crippen LogP contribution in [0.2, 0.25) is 0 Å². The molecule has 3 rings (SSSR count). The Labute approximate surface area is 116 Å². The topological polar surface area (TPSA) is 61.9 Å². The summed E-state index contributed by atoms with van der Waals surface area (Å²) in [5, 5.41) is 14.5. The summed E-state index contributed by atoms with van der Waals surface area (Å²) in [5.74, 6) is 1.06. The fourth-order valence-corrected chi connectivity index (χ4v) is 3.08. The van der Waals surface area contributed by atoms with Crippen molar-refractivity contribution in [3.05, 3.63) is 23.2 Å². The minimum absolute atomic E-state index is 0.356. The normalized spacial score (nSPS) is 16.2. The first-order chi connectivity index (χ1) is 9.36. The van der Waals surface area contributed by atoms with Crippen LogP contribution >= 0.6 is 11.3 Å². The highest BCUT2D eigenvalue weighted by molar-refractivity contribution is 7.13. The van der Waals surface area contributed by atoms with E-state index in [-0.39, 0.29) is 0 Å². The number of oxazole rings is 1. The van der Waals surface area contributed by atoms with Gasteiger partial charge in [0.05, 0.1) is 4.88 Å². The van der Waals surface area contributed by atoms with E-state index in [4.69, 9.17) is 9.68 Å².